The van der Waals surface area contributed by atoms with Gasteiger partial charge in [0, 0.05) is 6.54 Å². The van der Waals surface area contributed by atoms with E-state index in [9.17, 15) is 0 Å². The highest BCUT2D eigenvalue weighted by Crippen LogP contribution is 2.34. The van der Waals surface area contributed by atoms with Crippen LogP contribution in [0.5, 0.6) is 0 Å². The Labute approximate surface area is 101 Å². The molecule has 0 spiro atoms. The van der Waals surface area contributed by atoms with Crippen LogP contribution in [-0.2, 0) is 6.54 Å². The Hall–Kier alpha value is -0.680. The van der Waals surface area contributed by atoms with Crippen LogP contribution in [0, 0.1) is 11.3 Å². The number of nitrogen functional groups attached to an aromatic ring is 1. The summed E-state index contributed by atoms with van der Waals surface area (Å²) in [6.07, 6.45) is 1.29. The Morgan fingerprint density at radius 2 is 2.19 bits per heavy atom. The van der Waals surface area contributed by atoms with Gasteiger partial charge in [-0.25, -0.2) is 0 Å². The van der Waals surface area contributed by atoms with E-state index in [2.05, 4.69) is 35.9 Å². The van der Waals surface area contributed by atoms with Gasteiger partial charge in [-0.05, 0) is 24.3 Å². The second-order valence-electron chi connectivity index (χ2n) is 5.62. The Kier molecular flexibility index (Phi) is 3.17. The van der Waals surface area contributed by atoms with E-state index in [4.69, 9.17) is 5.73 Å². The van der Waals surface area contributed by atoms with E-state index in [1.165, 1.54) is 30.8 Å². The minimum atomic E-state index is 0.412. The van der Waals surface area contributed by atoms with Gasteiger partial charge in [-0.3, -0.25) is 4.90 Å². The van der Waals surface area contributed by atoms with Crippen LogP contribution in [0.15, 0.2) is 0 Å². The first-order valence-electron chi connectivity index (χ1n) is 5.75. The lowest BCUT2D eigenvalue weighted by atomic mass is 9.80. The van der Waals surface area contributed by atoms with Crippen LogP contribution in [-0.4, -0.2) is 28.2 Å². The number of likely N-dealkylation sites (tertiary alicyclic amines) is 1. The maximum atomic E-state index is 5.58. The molecule has 0 aromatic carbocycles. The summed E-state index contributed by atoms with van der Waals surface area (Å²) in [5.41, 5.74) is 5.99. The van der Waals surface area contributed by atoms with Crippen molar-refractivity contribution in [1.29, 1.82) is 0 Å². The maximum absolute atomic E-state index is 5.58. The first-order valence-corrected chi connectivity index (χ1v) is 6.57. The fraction of sp³-hybridized carbons (Fsp3) is 0.818. The van der Waals surface area contributed by atoms with Gasteiger partial charge in [0.2, 0.25) is 5.13 Å². The Bertz CT molecular complexity index is 355. The van der Waals surface area contributed by atoms with Gasteiger partial charge in [-0.15, -0.1) is 10.2 Å². The van der Waals surface area contributed by atoms with Crippen LogP contribution in [0.3, 0.4) is 0 Å². The van der Waals surface area contributed by atoms with Crippen molar-refractivity contribution in [3.8, 4) is 0 Å². The summed E-state index contributed by atoms with van der Waals surface area (Å²) in [6.45, 7) is 10.2. The molecule has 1 saturated heterocycles. The summed E-state index contributed by atoms with van der Waals surface area (Å²) in [5, 5.41) is 9.52. The molecule has 1 unspecified atom stereocenters. The van der Waals surface area contributed by atoms with Crippen molar-refractivity contribution in [1.82, 2.24) is 15.1 Å². The highest BCUT2D eigenvalue weighted by atomic mass is 32.1. The standard InChI is InChI=1S/C11H20N4S/c1-11(2,3)8-4-5-15(6-8)7-9-13-14-10(12)16-9/h8H,4-7H2,1-3H3,(H2,12,14). The van der Waals surface area contributed by atoms with Gasteiger partial charge in [0.1, 0.15) is 5.01 Å². The van der Waals surface area contributed by atoms with E-state index < -0.39 is 0 Å². The molecule has 1 fully saturated rings. The Balaban J connectivity index is 1.90. The van der Waals surface area contributed by atoms with Crippen molar-refractivity contribution in [2.45, 2.75) is 33.7 Å². The third kappa shape index (κ3) is 2.71. The van der Waals surface area contributed by atoms with E-state index in [0.29, 0.717) is 10.5 Å². The van der Waals surface area contributed by atoms with Crippen molar-refractivity contribution in [3.05, 3.63) is 5.01 Å². The predicted octanol–water partition coefficient (Wildman–Crippen LogP) is 1.99. The summed E-state index contributed by atoms with van der Waals surface area (Å²) in [6, 6.07) is 0. The topological polar surface area (TPSA) is 55.0 Å². The van der Waals surface area contributed by atoms with Gasteiger partial charge in [-0.2, -0.15) is 0 Å². The molecule has 1 atom stereocenters. The van der Waals surface area contributed by atoms with Crippen molar-refractivity contribution in [3.63, 3.8) is 0 Å². The lowest BCUT2D eigenvalue weighted by Gasteiger charge is -2.26. The monoisotopic (exact) mass is 240 g/mol. The van der Waals surface area contributed by atoms with Crippen LogP contribution in [0.25, 0.3) is 0 Å². The number of hydrogen-bond donors (Lipinski definition) is 1. The van der Waals surface area contributed by atoms with Crippen molar-refractivity contribution < 1.29 is 0 Å². The number of nitrogens with zero attached hydrogens (tertiary/aromatic N) is 3. The first kappa shape index (κ1) is 11.8. The van der Waals surface area contributed by atoms with E-state index in [1.807, 2.05) is 0 Å². The first-order chi connectivity index (χ1) is 7.45. The minimum Gasteiger partial charge on any atom is -0.374 e. The quantitative estimate of drug-likeness (QED) is 0.859. The zero-order valence-corrected chi connectivity index (χ0v) is 11.0. The van der Waals surface area contributed by atoms with Gasteiger partial charge >= 0.3 is 0 Å². The predicted molar refractivity (Wildman–Crippen MR) is 67.2 cm³/mol. The summed E-state index contributed by atoms with van der Waals surface area (Å²) < 4.78 is 0. The summed E-state index contributed by atoms with van der Waals surface area (Å²) in [4.78, 5) is 2.45. The van der Waals surface area contributed by atoms with Crippen molar-refractivity contribution in [2.24, 2.45) is 11.3 Å². The highest BCUT2D eigenvalue weighted by molar-refractivity contribution is 7.15. The fourth-order valence-corrected chi connectivity index (χ4v) is 2.86. The molecule has 2 heterocycles. The molecule has 2 rings (SSSR count). The highest BCUT2D eigenvalue weighted by Gasteiger charge is 2.31. The van der Waals surface area contributed by atoms with E-state index in [1.54, 1.807) is 0 Å². The van der Waals surface area contributed by atoms with Crippen LogP contribution >= 0.6 is 11.3 Å². The molecule has 0 aliphatic carbocycles. The number of anilines is 1. The van der Waals surface area contributed by atoms with Gasteiger partial charge in [0.05, 0.1) is 6.54 Å². The molecule has 0 bridgehead atoms. The molecule has 4 nitrogen and oxygen atoms in total. The Morgan fingerprint density at radius 1 is 1.44 bits per heavy atom. The molecule has 90 valence electrons. The van der Waals surface area contributed by atoms with Crippen LogP contribution < -0.4 is 5.73 Å². The molecule has 0 radical (unpaired) electrons. The number of rotatable bonds is 2. The van der Waals surface area contributed by atoms with Crippen LogP contribution in [0.2, 0.25) is 0 Å². The third-order valence-electron chi connectivity index (χ3n) is 3.34. The smallest absolute Gasteiger partial charge is 0.203 e. The van der Waals surface area contributed by atoms with Crippen molar-refractivity contribution in [2.75, 3.05) is 18.8 Å². The minimum absolute atomic E-state index is 0.412. The summed E-state index contributed by atoms with van der Waals surface area (Å²) in [5.74, 6) is 0.790. The molecule has 0 saturated carbocycles. The van der Waals surface area contributed by atoms with Crippen LogP contribution in [0.1, 0.15) is 32.2 Å². The van der Waals surface area contributed by atoms with Crippen LogP contribution in [0.4, 0.5) is 5.13 Å². The molecular weight excluding hydrogens is 220 g/mol. The van der Waals surface area contributed by atoms with Gasteiger partial charge in [0.15, 0.2) is 0 Å². The molecule has 1 aliphatic rings. The largest absolute Gasteiger partial charge is 0.374 e. The molecule has 1 aromatic rings. The van der Waals surface area contributed by atoms with E-state index >= 15 is 0 Å². The molecule has 0 amide bonds. The molecule has 2 N–H and O–H groups in total. The molecular formula is C11H20N4S. The molecule has 1 aromatic heterocycles. The summed E-state index contributed by atoms with van der Waals surface area (Å²) in [7, 11) is 0. The third-order valence-corrected chi connectivity index (χ3v) is 4.08. The lowest BCUT2D eigenvalue weighted by molar-refractivity contribution is 0.226. The zero-order valence-electron chi connectivity index (χ0n) is 10.2. The average molecular weight is 240 g/mol. The molecule has 1 aliphatic heterocycles. The lowest BCUT2D eigenvalue weighted by Crippen LogP contribution is -2.25. The maximum Gasteiger partial charge on any atom is 0.203 e. The van der Waals surface area contributed by atoms with E-state index in [0.717, 1.165) is 17.5 Å². The molecule has 16 heavy (non-hydrogen) atoms. The van der Waals surface area contributed by atoms with Gasteiger partial charge in [0.25, 0.3) is 0 Å². The SMILES string of the molecule is CC(C)(C)C1CCN(Cc2nnc(N)s2)C1. The van der Waals surface area contributed by atoms with Gasteiger partial charge in [-0.1, -0.05) is 32.1 Å². The molecule has 5 heteroatoms. The van der Waals surface area contributed by atoms with E-state index in [-0.39, 0.29) is 0 Å². The average Bonchev–Trinajstić information content (AvgIpc) is 2.74. The number of hydrogen-bond acceptors (Lipinski definition) is 5. The second-order valence-corrected chi connectivity index (χ2v) is 6.71. The zero-order chi connectivity index (χ0) is 11.8. The normalized spacial score (nSPS) is 22.8. The van der Waals surface area contributed by atoms with Crippen molar-refractivity contribution >= 4 is 16.5 Å². The number of nitrogens with two attached hydrogens (primary N) is 1. The Morgan fingerprint density at radius 3 is 2.69 bits per heavy atom. The summed E-state index contributed by atoms with van der Waals surface area (Å²) >= 11 is 1.50. The van der Waals surface area contributed by atoms with Gasteiger partial charge < -0.3 is 5.73 Å². The number of aromatic nitrogens is 2. The second kappa shape index (κ2) is 4.30. The fourth-order valence-electron chi connectivity index (χ4n) is 2.20.